The van der Waals surface area contributed by atoms with Gasteiger partial charge in [-0.05, 0) is 67.1 Å². The summed E-state index contributed by atoms with van der Waals surface area (Å²) >= 11 is 0. The van der Waals surface area contributed by atoms with Crippen LogP contribution in [0.25, 0.3) is 22.2 Å². The topological polar surface area (TPSA) is 72.0 Å². The monoisotopic (exact) mass is 535 g/mol. The number of ether oxygens (including phenoxy) is 1. The number of fused-ring (bicyclic) bond motifs is 1. The Kier molecular flexibility index (Phi) is 7.44. The molecule has 2 N–H and O–H groups in total. The summed E-state index contributed by atoms with van der Waals surface area (Å²) in [5.74, 6) is 1.37. The smallest absolute Gasteiger partial charge is 0.418 e. The van der Waals surface area contributed by atoms with Crippen molar-refractivity contribution < 1.29 is 17.9 Å². The molecule has 0 amide bonds. The van der Waals surface area contributed by atoms with E-state index >= 15 is 0 Å². The molecule has 1 atom stereocenters. The molecular weight excluding hydrogens is 503 g/mol. The lowest BCUT2D eigenvalue weighted by Crippen LogP contribution is -2.24. The van der Waals surface area contributed by atoms with E-state index in [1.165, 1.54) is 31.4 Å². The van der Waals surface area contributed by atoms with Crippen molar-refractivity contribution in [2.24, 2.45) is 0 Å². The van der Waals surface area contributed by atoms with E-state index in [9.17, 15) is 13.2 Å². The van der Waals surface area contributed by atoms with E-state index in [0.29, 0.717) is 34.9 Å². The molecule has 1 saturated heterocycles. The largest absolute Gasteiger partial charge is 0.493 e. The number of rotatable bonds is 7. The minimum Gasteiger partial charge on any atom is -0.493 e. The lowest BCUT2D eigenvalue weighted by atomic mass is 9.86. The predicted molar refractivity (Wildman–Crippen MR) is 147 cm³/mol. The Hall–Kier alpha value is -3.72. The standard InChI is InChI=1S/C30H32F3N5O/c1-29(2,3)23-11-9-21(17-26(23)39-15-12-20-6-4-13-34-20)38-28-22-10-8-19(16-25(22)36-18-37-28)27-24(30(31,32)33)7-5-14-35-27/h5,7-11,14,16-18,20,34H,4,6,12-13,15H2,1-3H3,(H,36,37,38). The van der Waals surface area contributed by atoms with Gasteiger partial charge in [0.05, 0.1) is 23.4 Å². The Labute approximate surface area is 226 Å². The first kappa shape index (κ1) is 26.9. The molecule has 0 bridgehead atoms. The third-order valence-electron chi connectivity index (χ3n) is 6.96. The number of anilines is 2. The maximum atomic E-state index is 13.6. The molecule has 5 rings (SSSR count). The molecule has 2 aromatic heterocycles. The first-order chi connectivity index (χ1) is 18.6. The summed E-state index contributed by atoms with van der Waals surface area (Å²) in [6.07, 6.45) is 1.57. The molecule has 1 aliphatic rings. The second-order valence-corrected chi connectivity index (χ2v) is 10.9. The summed E-state index contributed by atoms with van der Waals surface area (Å²) in [4.78, 5) is 12.7. The quantitative estimate of drug-likeness (QED) is 0.259. The van der Waals surface area contributed by atoms with E-state index in [1.807, 2.05) is 12.1 Å². The molecule has 1 fully saturated rings. The van der Waals surface area contributed by atoms with Crippen molar-refractivity contribution in [2.45, 2.75) is 57.7 Å². The van der Waals surface area contributed by atoms with Crippen LogP contribution in [-0.2, 0) is 11.6 Å². The van der Waals surface area contributed by atoms with Crippen LogP contribution >= 0.6 is 0 Å². The van der Waals surface area contributed by atoms with Crippen LogP contribution in [0.3, 0.4) is 0 Å². The van der Waals surface area contributed by atoms with Crippen LogP contribution in [-0.4, -0.2) is 34.1 Å². The van der Waals surface area contributed by atoms with E-state index in [0.717, 1.165) is 36.0 Å². The highest BCUT2D eigenvalue weighted by molar-refractivity contribution is 5.93. The summed E-state index contributed by atoms with van der Waals surface area (Å²) in [5, 5.41) is 7.54. The van der Waals surface area contributed by atoms with Gasteiger partial charge in [-0.3, -0.25) is 4.98 Å². The van der Waals surface area contributed by atoms with Gasteiger partial charge in [0.25, 0.3) is 0 Å². The number of alkyl halides is 3. The first-order valence-electron chi connectivity index (χ1n) is 13.1. The lowest BCUT2D eigenvalue weighted by Gasteiger charge is -2.24. The van der Waals surface area contributed by atoms with Gasteiger partial charge in [0.15, 0.2) is 0 Å². The molecule has 0 aliphatic carbocycles. The third-order valence-corrected chi connectivity index (χ3v) is 6.96. The zero-order valence-electron chi connectivity index (χ0n) is 22.3. The Morgan fingerprint density at radius 3 is 2.59 bits per heavy atom. The average molecular weight is 536 g/mol. The van der Waals surface area contributed by atoms with Gasteiger partial charge in [-0.15, -0.1) is 0 Å². The van der Waals surface area contributed by atoms with E-state index in [2.05, 4.69) is 52.4 Å². The highest BCUT2D eigenvalue weighted by Crippen LogP contribution is 2.38. The van der Waals surface area contributed by atoms with Gasteiger partial charge in [0, 0.05) is 34.9 Å². The summed E-state index contributed by atoms with van der Waals surface area (Å²) in [6, 6.07) is 13.8. The molecule has 0 spiro atoms. The molecule has 1 unspecified atom stereocenters. The van der Waals surface area contributed by atoms with Gasteiger partial charge < -0.3 is 15.4 Å². The fourth-order valence-corrected chi connectivity index (χ4v) is 4.96. The van der Waals surface area contributed by atoms with Crippen LogP contribution in [0.1, 0.15) is 51.2 Å². The van der Waals surface area contributed by atoms with Crippen molar-refractivity contribution in [1.82, 2.24) is 20.3 Å². The number of benzene rings is 2. The van der Waals surface area contributed by atoms with Gasteiger partial charge in [-0.25, -0.2) is 9.97 Å². The molecule has 0 radical (unpaired) electrons. The summed E-state index contributed by atoms with van der Waals surface area (Å²) in [6.45, 7) is 8.15. The molecule has 3 heterocycles. The number of pyridine rings is 1. The van der Waals surface area contributed by atoms with Crippen LogP contribution in [0.15, 0.2) is 61.1 Å². The predicted octanol–water partition coefficient (Wildman–Crippen LogP) is 7.27. The number of hydrogen-bond acceptors (Lipinski definition) is 6. The van der Waals surface area contributed by atoms with Gasteiger partial charge in [-0.2, -0.15) is 13.2 Å². The second-order valence-electron chi connectivity index (χ2n) is 10.9. The molecular formula is C30H32F3N5O. The lowest BCUT2D eigenvalue weighted by molar-refractivity contribution is -0.137. The van der Waals surface area contributed by atoms with E-state index < -0.39 is 11.7 Å². The summed E-state index contributed by atoms with van der Waals surface area (Å²) in [7, 11) is 0. The number of halogens is 3. The molecule has 0 saturated carbocycles. The van der Waals surface area contributed by atoms with Gasteiger partial charge >= 0.3 is 6.18 Å². The fourth-order valence-electron chi connectivity index (χ4n) is 4.96. The van der Waals surface area contributed by atoms with Crippen LogP contribution in [0.2, 0.25) is 0 Å². The van der Waals surface area contributed by atoms with Crippen LogP contribution in [0.4, 0.5) is 24.7 Å². The van der Waals surface area contributed by atoms with Crippen molar-refractivity contribution in [3.63, 3.8) is 0 Å². The number of nitrogens with zero attached hydrogens (tertiary/aromatic N) is 3. The van der Waals surface area contributed by atoms with Crippen molar-refractivity contribution in [1.29, 1.82) is 0 Å². The number of aromatic nitrogens is 3. The maximum absolute atomic E-state index is 13.6. The van der Waals surface area contributed by atoms with Gasteiger partial charge in [-0.1, -0.05) is 32.9 Å². The SMILES string of the molecule is CC(C)(C)c1ccc(Nc2ncnc3cc(-c4ncccc4C(F)(F)F)ccc23)cc1OCCC1CCCN1. The van der Waals surface area contributed by atoms with E-state index in [-0.39, 0.29) is 11.1 Å². The Balaban J connectivity index is 1.42. The minimum atomic E-state index is -4.51. The zero-order chi connectivity index (χ0) is 27.6. The number of hydrogen-bond donors (Lipinski definition) is 2. The maximum Gasteiger partial charge on any atom is 0.418 e. The molecule has 1 aliphatic heterocycles. The minimum absolute atomic E-state index is 0.0990. The highest BCUT2D eigenvalue weighted by Gasteiger charge is 2.34. The fraction of sp³-hybridized carbons (Fsp3) is 0.367. The first-order valence-corrected chi connectivity index (χ1v) is 13.1. The van der Waals surface area contributed by atoms with Crippen LogP contribution in [0.5, 0.6) is 5.75 Å². The Morgan fingerprint density at radius 1 is 1.00 bits per heavy atom. The van der Waals surface area contributed by atoms with Crippen LogP contribution < -0.4 is 15.4 Å². The average Bonchev–Trinajstić information content (AvgIpc) is 3.41. The van der Waals surface area contributed by atoms with Crippen LogP contribution in [0, 0.1) is 0 Å². The van der Waals surface area contributed by atoms with Crippen molar-refractivity contribution in [3.8, 4) is 17.0 Å². The summed E-state index contributed by atoms with van der Waals surface area (Å²) in [5.41, 5.74) is 1.74. The molecule has 2 aromatic carbocycles. The molecule has 9 heteroatoms. The number of nitrogens with one attached hydrogen (secondary N) is 2. The summed E-state index contributed by atoms with van der Waals surface area (Å²) < 4.78 is 47.0. The van der Waals surface area contributed by atoms with Crippen molar-refractivity contribution in [2.75, 3.05) is 18.5 Å². The highest BCUT2D eigenvalue weighted by atomic mass is 19.4. The molecule has 4 aromatic rings. The van der Waals surface area contributed by atoms with Gasteiger partial charge in [0.2, 0.25) is 0 Å². The normalized spacial score (nSPS) is 16.0. The molecule has 39 heavy (non-hydrogen) atoms. The third kappa shape index (κ3) is 6.14. The van der Waals surface area contributed by atoms with E-state index in [4.69, 9.17) is 4.74 Å². The van der Waals surface area contributed by atoms with E-state index in [1.54, 1.807) is 18.2 Å². The Bertz CT molecular complexity index is 1460. The molecule has 6 nitrogen and oxygen atoms in total. The second kappa shape index (κ2) is 10.8. The van der Waals surface area contributed by atoms with Gasteiger partial charge in [0.1, 0.15) is 17.9 Å². The Morgan fingerprint density at radius 2 is 1.85 bits per heavy atom. The van der Waals surface area contributed by atoms with Crippen molar-refractivity contribution in [3.05, 3.63) is 72.2 Å². The zero-order valence-corrected chi connectivity index (χ0v) is 22.3. The molecule has 204 valence electrons. The van der Waals surface area contributed by atoms with Crippen molar-refractivity contribution >= 4 is 22.4 Å².